The highest BCUT2D eigenvalue weighted by Crippen LogP contribution is 2.36. The van der Waals surface area contributed by atoms with E-state index in [0.29, 0.717) is 33.7 Å². The summed E-state index contributed by atoms with van der Waals surface area (Å²) in [6, 6.07) is 31.2. The summed E-state index contributed by atoms with van der Waals surface area (Å²) in [7, 11) is 1.56. The Morgan fingerprint density at radius 3 is 2.23 bits per heavy atom. The molecule has 0 aliphatic heterocycles. The van der Waals surface area contributed by atoms with Crippen LogP contribution >= 0.6 is 15.9 Å². The molecule has 2 amide bonds. The fourth-order valence-electron chi connectivity index (χ4n) is 3.86. The highest BCUT2D eigenvalue weighted by Gasteiger charge is 2.19. The Hall–Kier alpha value is -4.43. The molecule has 1 atom stereocenters. The first kappa shape index (κ1) is 27.6. The Balaban J connectivity index is 1.40. The van der Waals surface area contributed by atoms with Crippen molar-refractivity contribution in [2.45, 2.75) is 19.1 Å². The quantitative estimate of drug-likeness (QED) is 0.166. The molecule has 0 radical (unpaired) electrons. The molecule has 198 valence electrons. The van der Waals surface area contributed by atoms with Crippen LogP contribution in [0.4, 0.5) is 0 Å². The van der Waals surface area contributed by atoms with Crippen molar-refractivity contribution in [3.63, 3.8) is 0 Å². The van der Waals surface area contributed by atoms with E-state index >= 15 is 0 Å². The van der Waals surface area contributed by atoms with Crippen LogP contribution in [-0.2, 0) is 11.4 Å². The number of amides is 2. The molecule has 8 heteroatoms. The van der Waals surface area contributed by atoms with Crippen molar-refractivity contribution in [2.24, 2.45) is 5.10 Å². The molecular formula is C31H28BrN3O4. The summed E-state index contributed by atoms with van der Waals surface area (Å²) in [6.45, 7) is 0.392. The molecule has 0 aliphatic carbocycles. The first-order valence-electron chi connectivity index (χ1n) is 12.3. The van der Waals surface area contributed by atoms with Crippen LogP contribution < -0.4 is 20.2 Å². The van der Waals surface area contributed by atoms with E-state index in [0.717, 1.165) is 11.1 Å². The Morgan fingerprint density at radius 2 is 1.56 bits per heavy atom. The largest absolute Gasteiger partial charge is 0.493 e. The van der Waals surface area contributed by atoms with Crippen LogP contribution in [-0.4, -0.2) is 25.1 Å². The molecule has 0 fully saturated rings. The van der Waals surface area contributed by atoms with Crippen LogP contribution in [0.3, 0.4) is 0 Å². The van der Waals surface area contributed by atoms with E-state index in [1.54, 1.807) is 37.4 Å². The van der Waals surface area contributed by atoms with Crippen molar-refractivity contribution in [1.29, 1.82) is 0 Å². The minimum atomic E-state index is -0.524. The number of halogens is 1. The minimum absolute atomic E-state index is 0.0131. The summed E-state index contributed by atoms with van der Waals surface area (Å²) in [5, 5.41) is 7.06. The van der Waals surface area contributed by atoms with Crippen LogP contribution in [0.1, 0.15) is 39.5 Å². The molecule has 0 heterocycles. The number of hydrogen-bond donors (Lipinski definition) is 2. The number of nitrogens with one attached hydrogen (secondary N) is 2. The molecule has 0 saturated carbocycles. The highest BCUT2D eigenvalue weighted by molar-refractivity contribution is 9.10. The molecule has 4 rings (SSSR count). The van der Waals surface area contributed by atoms with E-state index in [1.807, 2.05) is 72.8 Å². The number of benzene rings is 4. The maximum absolute atomic E-state index is 12.8. The summed E-state index contributed by atoms with van der Waals surface area (Å²) >= 11 is 3.54. The van der Waals surface area contributed by atoms with E-state index < -0.39 is 6.04 Å². The molecule has 4 aromatic carbocycles. The molecule has 0 spiro atoms. The van der Waals surface area contributed by atoms with Crippen molar-refractivity contribution in [3.8, 4) is 11.5 Å². The van der Waals surface area contributed by atoms with Crippen molar-refractivity contribution < 1.29 is 19.1 Å². The average Bonchev–Trinajstić information content (AvgIpc) is 2.97. The van der Waals surface area contributed by atoms with E-state index in [-0.39, 0.29) is 18.2 Å². The van der Waals surface area contributed by atoms with Gasteiger partial charge in [0, 0.05) is 5.56 Å². The van der Waals surface area contributed by atoms with E-state index in [4.69, 9.17) is 9.47 Å². The molecule has 4 aromatic rings. The average molecular weight is 586 g/mol. The summed E-state index contributed by atoms with van der Waals surface area (Å²) < 4.78 is 12.2. The number of rotatable bonds is 11. The SMILES string of the molecule is COc1cc(/C=N\NC(=O)C[C@H](NC(=O)c2ccccc2)c2ccccc2)cc(Br)c1OCc1ccccc1. The van der Waals surface area contributed by atoms with Gasteiger partial charge in [-0.2, -0.15) is 5.10 Å². The Labute approximate surface area is 236 Å². The van der Waals surface area contributed by atoms with Gasteiger partial charge in [-0.1, -0.05) is 78.9 Å². The van der Waals surface area contributed by atoms with Gasteiger partial charge in [0.2, 0.25) is 5.91 Å². The normalized spacial score (nSPS) is 11.5. The zero-order valence-electron chi connectivity index (χ0n) is 21.3. The maximum atomic E-state index is 12.8. The van der Waals surface area contributed by atoms with E-state index in [1.165, 1.54) is 6.21 Å². The lowest BCUT2D eigenvalue weighted by atomic mass is 10.0. The minimum Gasteiger partial charge on any atom is -0.493 e. The molecular weight excluding hydrogens is 558 g/mol. The standard InChI is InChI=1S/C31H28BrN3O4/c1-38-28-18-23(17-26(32)30(28)39-21-22-11-5-2-6-12-22)20-33-35-29(36)19-27(24-13-7-3-8-14-24)34-31(37)25-15-9-4-10-16-25/h2-18,20,27H,19,21H2,1H3,(H,34,37)(H,35,36)/b33-20-/t27-/m0/s1. The Bertz CT molecular complexity index is 1410. The van der Waals surface area contributed by atoms with E-state index in [9.17, 15) is 9.59 Å². The number of carbonyl (C=O) groups excluding carboxylic acids is 2. The third-order valence-electron chi connectivity index (χ3n) is 5.81. The molecule has 7 nitrogen and oxygen atoms in total. The van der Waals surface area contributed by atoms with Gasteiger partial charge in [-0.05, 0) is 56.9 Å². The molecule has 0 bridgehead atoms. The lowest BCUT2D eigenvalue weighted by molar-refractivity contribution is -0.121. The number of hydrazone groups is 1. The fraction of sp³-hybridized carbons (Fsp3) is 0.129. The first-order chi connectivity index (χ1) is 19.0. The number of hydrogen-bond acceptors (Lipinski definition) is 5. The smallest absolute Gasteiger partial charge is 0.251 e. The molecule has 2 N–H and O–H groups in total. The number of methoxy groups -OCH3 is 1. The zero-order chi connectivity index (χ0) is 27.5. The fourth-order valence-corrected chi connectivity index (χ4v) is 4.44. The van der Waals surface area contributed by atoms with Gasteiger partial charge >= 0.3 is 0 Å². The van der Waals surface area contributed by atoms with Gasteiger partial charge in [-0.25, -0.2) is 5.43 Å². The first-order valence-corrected chi connectivity index (χ1v) is 13.1. The van der Waals surface area contributed by atoms with Gasteiger partial charge in [0.15, 0.2) is 11.5 Å². The van der Waals surface area contributed by atoms with Crippen molar-refractivity contribution in [2.75, 3.05) is 7.11 Å². The van der Waals surface area contributed by atoms with Crippen LogP contribution in [0.15, 0.2) is 113 Å². The molecule has 0 aromatic heterocycles. The van der Waals surface area contributed by atoms with Crippen molar-refractivity contribution in [3.05, 3.63) is 130 Å². The second-order valence-electron chi connectivity index (χ2n) is 8.61. The predicted molar refractivity (Wildman–Crippen MR) is 155 cm³/mol. The lowest BCUT2D eigenvalue weighted by Crippen LogP contribution is -2.32. The van der Waals surface area contributed by atoms with Gasteiger partial charge in [0.1, 0.15) is 6.61 Å². The number of ether oxygens (including phenoxy) is 2. The maximum Gasteiger partial charge on any atom is 0.251 e. The lowest BCUT2D eigenvalue weighted by Gasteiger charge is -2.18. The summed E-state index contributed by atoms with van der Waals surface area (Å²) in [4.78, 5) is 25.5. The Morgan fingerprint density at radius 1 is 0.923 bits per heavy atom. The number of nitrogens with zero attached hydrogens (tertiary/aromatic N) is 1. The highest BCUT2D eigenvalue weighted by atomic mass is 79.9. The van der Waals surface area contributed by atoms with E-state index in [2.05, 4.69) is 31.8 Å². The van der Waals surface area contributed by atoms with Crippen molar-refractivity contribution in [1.82, 2.24) is 10.7 Å². The van der Waals surface area contributed by atoms with Crippen LogP contribution in [0.5, 0.6) is 11.5 Å². The van der Waals surface area contributed by atoms with Crippen LogP contribution in [0.2, 0.25) is 0 Å². The van der Waals surface area contributed by atoms with Crippen LogP contribution in [0.25, 0.3) is 0 Å². The molecule has 0 saturated heterocycles. The summed E-state index contributed by atoms with van der Waals surface area (Å²) in [5.74, 6) is 0.498. The van der Waals surface area contributed by atoms with Crippen molar-refractivity contribution >= 4 is 34.0 Å². The zero-order valence-corrected chi connectivity index (χ0v) is 22.9. The van der Waals surface area contributed by atoms with Gasteiger partial charge in [-0.3, -0.25) is 9.59 Å². The van der Waals surface area contributed by atoms with Gasteiger partial charge in [0.25, 0.3) is 5.91 Å². The topological polar surface area (TPSA) is 89.0 Å². The third-order valence-corrected chi connectivity index (χ3v) is 6.40. The monoisotopic (exact) mass is 585 g/mol. The molecule has 39 heavy (non-hydrogen) atoms. The predicted octanol–water partition coefficient (Wildman–Crippen LogP) is 6.05. The second-order valence-corrected chi connectivity index (χ2v) is 9.46. The number of carbonyl (C=O) groups is 2. The molecule has 0 unspecified atom stereocenters. The van der Waals surface area contributed by atoms with Gasteiger partial charge in [0.05, 0.1) is 30.3 Å². The van der Waals surface area contributed by atoms with Gasteiger partial charge < -0.3 is 14.8 Å². The second kappa shape index (κ2) is 13.9. The molecule has 0 aliphatic rings. The summed E-state index contributed by atoms with van der Waals surface area (Å²) in [5.41, 5.74) is 5.63. The van der Waals surface area contributed by atoms with Crippen LogP contribution in [0, 0.1) is 0 Å². The third kappa shape index (κ3) is 8.02. The Kier molecular flexibility index (Phi) is 9.85. The van der Waals surface area contributed by atoms with Gasteiger partial charge in [-0.15, -0.1) is 0 Å². The summed E-state index contributed by atoms with van der Waals surface area (Å²) in [6.07, 6.45) is 1.53.